The Morgan fingerprint density at radius 1 is 1.27 bits per heavy atom. The summed E-state index contributed by atoms with van der Waals surface area (Å²) in [5, 5.41) is 14.1. The van der Waals surface area contributed by atoms with Crippen LogP contribution in [0.15, 0.2) is 35.8 Å². The summed E-state index contributed by atoms with van der Waals surface area (Å²) in [6.07, 6.45) is 1.57. The molecule has 1 fully saturated rings. The van der Waals surface area contributed by atoms with E-state index < -0.39 is 11.8 Å². The van der Waals surface area contributed by atoms with Crippen molar-refractivity contribution in [2.75, 3.05) is 38.2 Å². The van der Waals surface area contributed by atoms with E-state index in [2.05, 4.69) is 15.3 Å². The predicted octanol–water partition coefficient (Wildman–Crippen LogP) is 2.91. The highest BCUT2D eigenvalue weighted by atomic mass is 32.1. The number of anilines is 1. The lowest BCUT2D eigenvalue weighted by Crippen LogP contribution is -2.41. The average Bonchev–Trinajstić information content (AvgIpc) is 3.40. The highest BCUT2D eigenvalue weighted by Gasteiger charge is 2.17. The van der Waals surface area contributed by atoms with Crippen LogP contribution in [0.4, 0.5) is 10.1 Å². The number of aromatic amines is 1. The van der Waals surface area contributed by atoms with Crippen LogP contribution in [0.5, 0.6) is 0 Å². The minimum Gasteiger partial charge on any atom is -0.477 e. The molecule has 1 aromatic carbocycles. The summed E-state index contributed by atoms with van der Waals surface area (Å²) in [4.78, 5) is 32.5. The fourth-order valence-corrected chi connectivity index (χ4v) is 3.94. The van der Waals surface area contributed by atoms with Crippen molar-refractivity contribution in [3.63, 3.8) is 0 Å². The molecule has 2 aromatic heterocycles. The quantitative estimate of drug-likeness (QED) is 0.555. The molecule has 30 heavy (non-hydrogen) atoms. The number of ether oxygens (including phenoxy) is 1. The number of carbonyl (C=O) groups excluding carboxylic acids is 1. The number of carboxylic acid groups (broad SMARTS) is 1. The van der Waals surface area contributed by atoms with Gasteiger partial charge < -0.3 is 20.1 Å². The van der Waals surface area contributed by atoms with Gasteiger partial charge in [0.05, 0.1) is 31.1 Å². The molecule has 1 aliphatic heterocycles. The van der Waals surface area contributed by atoms with Gasteiger partial charge in [-0.2, -0.15) is 0 Å². The first-order valence-electron chi connectivity index (χ1n) is 9.27. The third-order valence-electron chi connectivity index (χ3n) is 4.67. The topological polar surface area (TPSA) is 108 Å². The highest BCUT2D eigenvalue weighted by molar-refractivity contribution is 7.13. The van der Waals surface area contributed by atoms with Crippen LogP contribution in [0.25, 0.3) is 21.8 Å². The van der Waals surface area contributed by atoms with Gasteiger partial charge in [-0.15, -0.1) is 11.3 Å². The molecular weight excluding hydrogens is 411 g/mol. The lowest BCUT2D eigenvalue weighted by molar-refractivity contribution is -0.118. The Hall–Kier alpha value is -3.08. The molecule has 0 bridgehead atoms. The second-order valence-electron chi connectivity index (χ2n) is 6.78. The Morgan fingerprint density at radius 2 is 2.07 bits per heavy atom. The second-order valence-corrected chi connectivity index (χ2v) is 7.63. The van der Waals surface area contributed by atoms with E-state index in [0.717, 1.165) is 0 Å². The van der Waals surface area contributed by atoms with Crippen LogP contribution in [0.2, 0.25) is 0 Å². The fourth-order valence-electron chi connectivity index (χ4n) is 3.11. The first-order valence-corrected chi connectivity index (χ1v) is 10.1. The Bertz CT molecular complexity index is 1070. The fraction of sp³-hybridized carbons (Fsp3) is 0.250. The Kier molecular flexibility index (Phi) is 5.88. The van der Waals surface area contributed by atoms with Crippen LogP contribution in [-0.4, -0.2) is 64.7 Å². The summed E-state index contributed by atoms with van der Waals surface area (Å²) in [5.74, 6) is -1.86. The Labute approximate surface area is 175 Å². The molecule has 8 nitrogen and oxygen atoms in total. The van der Waals surface area contributed by atoms with Gasteiger partial charge in [0.25, 0.3) is 0 Å². The molecule has 0 spiro atoms. The maximum absolute atomic E-state index is 14.2. The molecule has 0 saturated carbocycles. The number of aromatic carboxylic acids is 1. The molecule has 0 atom stereocenters. The number of nitrogens with zero attached hydrogens (tertiary/aromatic N) is 2. The van der Waals surface area contributed by atoms with E-state index in [1.54, 1.807) is 23.7 Å². The number of carbonyl (C=O) groups is 2. The number of aromatic nitrogens is 2. The van der Waals surface area contributed by atoms with Crippen molar-refractivity contribution >= 4 is 28.9 Å². The maximum Gasteiger partial charge on any atom is 0.352 e. The van der Waals surface area contributed by atoms with Crippen molar-refractivity contribution in [3.05, 3.63) is 47.4 Å². The van der Waals surface area contributed by atoms with Crippen molar-refractivity contribution in [3.8, 4) is 21.8 Å². The number of benzene rings is 1. The predicted molar refractivity (Wildman–Crippen MR) is 110 cm³/mol. The summed E-state index contributed by atoms with van der Waals surface area (Å²) in [6, 6.07) is 5.94. The van der Waals surface area contributed by atoms with E-state index in [0.29, 0.717) is 48.1 Å². The third-order valence-corrected chi connectivity index (χ3v) is 5.56. The molecular formula is C20H19FN4O4S. The molecule has 0 aliphatic carbocycles. The summed E-state index contributed by atoms with van der Waals surface area (Å²) in [5.41, 5.74) is 2.09. The van der Waals surface area contributed by atoms with Crippen LogP contribution in [0, 0.1) is 5.82 Å². The minimum absolute atomic E-state index is 0.0756. The molecule has 156 valence electrons. The van der Waals surface area contributed by atoms with Gasteiger partial charge in [-0.25, -0.2) is 14.2 Å². The number of morpholine rings is 1. The molecule has 1 aliphatic rings. The van der Waals surface area contributed by atoms with Gasteiger partial charge in [0.2, 0.25) is 5.91 Å². The van der Waals surface area contributed by atoms with Gasteiger partial charge in [-0.1, -0.05) is 0 Å². The van der Waals surface area contributed by atoms with Crippen LogP contribution in [0.3, 0.4) is 0 Å². The molecule has 4 rings (SSSR count). The number of hydrogen-bond acceptors (Lipinski definition) is 6. The monoisotopic (exact) mass is 430 g/mol. The van der Waals surface area contributed by atoms with Crippen LogP contribution in [-0.2, 0) is 9.53 Å². The van der Waals surface area contributed by atoms with Gasteiger partial charge in [-0.05, 0) is 24.3 Å². The number of rotatable bonds is 6. The molecule has 0 unspecified atom stereocenters. The van der Waals surface area contributed by atoms with E-state index in [1.807, 2.05) is 4.90 Å². The summed E-state index contributed by atoms with van der Waals surface area (Å²) in [7, 11) is 0. The number of H-pyrrole nitrogens is 1. The summed E-state index contributed by atoms with van der Waals surface area (Å²) in [6.45, 7) is 2.67. The van der Waals surface area contributed by atoms with Gasteiger partial charge in [0, 0.05) is 35.8 Å². The number of halogens is 1. The lowest BCUT2D eigenvalue weighted by atomic mass is 10.2. The summed E-state index contributed by atoms with van der Waals surface area (Å²) < 4.78 is 19.5. The number of carboxylic acids is 1. The number of hydrogen-bond donors (Lipinski definition) is 3. The first kappa shape index (κ1) is 20.2. The molecule has 1 saturated heterocycles. The summed E-state index contributed by atoms with van der Waals surface area (Å²) >= 11 is 1.35. The van der Waals surface area contributed by atoms with Crippen LogP contribution >= 0.6 is 11.3 Å². The third kappa shape index (κ3) is 4.56. The Morgan fingerprint density at radius 3 is 2.80 bits per heavy atom. The van der Waals surface area contributed by atoms with E-state index in [9.17, 15) is 14.0 Å². The smallest absolute Gasteiger partial charge is 0.352 e. The SMILES string of the molecule is O=C(CN1CCOCC1)Nc1cc(-c2nc(-c3c[nH]c(C(=O)O)c3)cs2)ccc1F. The average molecular weight is 430 g/mol. The zero-order valence-electron chi connectivity index (χ0n) is 15.9. The zero-order chi connectivity index (χ0) is 21.1. The van der Waals surface area contributed by atoms with Crippen LogP contribution < -0.4 is 5.32 Å². The van der Waals surface area contributed by atoms with Gasteiger partial charge >= 0.3 is 5.97 Å². The Balaban J connectivity index is 1.49. The minimum atomic E-state index is -1.05. The lowest BCUT2D eigenvalue weighted by Gasteiger charge is -2.25. The first-order chi connectivity index (χ1) is 14.5. The maximum atomic E-state index is 14.2. The van der Waals surface area contributed by atoms with Crippen molar-refractivity contribution in [2.24, 2.45) is 0 Å². The molecule has 3 heterocycles. The standard InChI is InChI=1S/C20H19FN4O4S/c21-14-2-1-12(7-15(14)23-18(26)10-25-3-5-29-6-4-25)19-24-17(11-30-19)13-8-16(20(27)28)22-9-13/h1-2,7-9,11,22H,3-6,10H2,(H,23,26)(H,27,28). The zero-order valence-corrected chi connectivity index (χ0v) is 16.7. The van der Waals surface area contributed by atoms with Crippen molar-refractivity contribution in [2.45, 2.75) is 0 Å². The van der Waals surface area contributed by atoms with E-state index in [1.165, 1.54) is 23.5 Å². The van der Waals surface area contributed by atoms with Crippen molar-refractivity contribution in [1.82, 2.24) is 14.9 Å². The van der Waals surface area contributed by atoms with Crippen molar-refractivity contribution < 1.29 is 23.8 Å². The molecule has 10 heteroatoms. The second kappa shape index (κ2) is 8.74. The van der Waals surface area contributed by atoms with Crippen molar-refractivity contribution in [1.29, 1.82) is 0 Å². The molecule has 1 amide bonds. The largest absolute Gasteiger partial charge is 0.477 e. The van der Waals surface area contributed by atoms with E-state index in [4.69, 9.17) is 9.84 Å². The van der Waals surface area contributed by atoms with E-state index in [-0.39, 0.29) is 23.8 Å². The van der Waals surface area contributed by atoms with Gasteiger partial charge in [0.1, 0.15) is 16.5 Å². The molecule has 3 N–H and O–H groups in total. The molecule has 0 radical (unpaired) electrons. The number of nitrogens with one attached hydrogen (secondary N) is 2. The highest BCUT2D eigenvalue weighted by Crippen LogP contribution is 2.31. The number of thiazole rings is 1. The van der Waals surface area contributed by atoms with Gasteiger partial charge in [-0.3, -0.25) is 9.69 Å². The normalized spacial score (nSPS) is 14.6. The molecule has 3 aromatic rings. The van der Waals surface area contributed by atoms with Gasteiger partial charge in [0.15, 0.2) is 0 Å². The van der Waals surface area contributed by atoms with Crippen LogP contribution in [0.1, 0.15) is 10.5 Å². The van der Waals surface area contributed by atoms with E-state index >= 15 is 0 Å². The number of amides is 1.